The fourth-order valence-electron chi connectivity index (χ4n) is 4.60. The van der Waals surface area contributed by atoms with E-state index in [4.69, 9.17) is 9.47 Å². The summed E-state index contributed by atoms with van der Waals surface area (Å²) in [6.07, 6.45) is 3.67. The lowest BCUT2D eigenvalue weighted by Gasteiger charge is -2.26. The average Bonchev–Trinajstić information content (AvgIpc) is 3.26. The van der Waals surface area contributed by atoms with E-state index in [1.807, 2.05) is 6.92 Å². The van der Waals surface area contributed by atoms with E-state index in [9.17, 15) is 21.6 Å². The predicted molar refractivity (Wildman–Crippen MR) is 158 cm³/mol. The maximum absolute atomic E-state index is 13.8. The van der Waals surface area contributed by atoms with Crippen LogP contribution in [0, 0.1) is 6.92 Å². The largest absolute Gasteiger partial charge is 0.497 e. The Balaban J connectivity index is 1.60. The number of carbonyl (C=O) groups excluding carboxylic acids is 1. The van der Waals surface area contributed by atoms with Gasteiger partial charge in [0.05, 0.1) is 29.7 Å². The molecule has 0 saturated carbocycles. The zero-order valence-electron chi connectivity index (χ0n) is 23.4. The van der Waals surface area contributed by atoms with Gasteiger partial charge in [0.25, 0.3) is 10.0 Å². The van der Waals surface area contributed by atoms with Crippen LogP contribution >= 0.6 is 0 Å². The van der Waals surface area contributed by atoms with Crippen molar-refractivity contribution in [2.24, 2.45) is 0 Å². The molecule has 1 fully saturated rings. The van der Waals surface area contributed by atoms with E-state index in [0.717, 1.165) is 35.6 Å². The molecule has 12 heteroatoms. The smallest absolute Gasteiger partial charge is 0.264 e. The van der Waals surface area contributed by atoms with Crippen LogP contribution in [0.1, 0.15) is 31.2 Å². The summed E-state index contributed by atoms with van der Waals surface area (Å²) in [6, 6.07) is 16.9. The van der Waals surface area contributed by atoms with E-state index < -0.39 is 32.5 Å². The fourth-order valence-corrected chi connectivity index (χ4v) is 7.54. The number of nitrogens with one attached hydrogen (secondary N) is 1. The standard InChI is InChI=1S/C29H35N3O7S2/c1-22-8-13-26(14-9-22)41(36,37)32(27-20-24(38-2)12-17-28(27)39-3)21-29(33)30-23-10-15-25(16-11-23)40(34,35)31-18-6-4-5-7-19-31/h8-17,20H,4-7,18-19,21H2,1-3H3,(H,30,33). The Morgan fingerprint density at radius 3 is 2.02 bits per heavy atom. The number of ether oxygens (including phenoxy) is 2. The highest BCUT2D eigenvalue weighted by atomic mass is 32.2. The van der Waals surface area contributed by atoms with E-state index in [1.165, 1.54) is 61.0 Å². The Morgan fingerprint density at radius 2 is 1.44 bits per heavy atom. The molecule has 1 aliphatic rings. The Morgan fingerprint density at radius 1 is 0.829 bits per heavy atom. The summed E-state index contributed by atoms with van der Waals surface area (Å²) in [6.45, 7) is 2.24. The first-order valence-corrected chi connectivity index (χ1v) is 16.2. The molecule has 0 aliphatic carbocycles. The SMILES string of the molecule is COc1ccc(OC)c(N(CC(=O)Nc2ccc(S(=O)(=O)N3CCCCCC3)cc2)S(=O)(=O)c2ccc(C)cc2)c1. The van der Waals surface area contributed by atoms with Gasteiger partial charge in [-0.2, -0.15) is 4.31 Å². The predicted octanol–water partition coefficient (Wildman–Crippen LogP) is 4.41. The van der Waals surface area contributed by atoms with Gasteiger partial charge >= 0.3 is 0 Å². The first-order chi connectivity index (χ1) is 19.6. The summed E-state index contributed by atoms with van der Waals surface area (Å²) in [5, 5.41) is 2.68. The van der Waals surface area contributed by atoms with E-state index in [-0.39, 0.29) is 21.2 Å². The number of anilines is 2. The van der Waals surface area contributed by atoms with Crippen LogP contribution in [0.15, 0.2) is 76.5 Å². The molecule has 0 atom stereocenters. The highest BCUT2D eigenvalue weighted by Crippen LogP contribution is 2.36. The molecule has 3 aromatic carbocycles. The van der Waals surface area contributed by atoms with Crippen LogP contribution in [0.4, 0.5) is 11.4 Å². The summed E-state index contributed by atoms with van der Waals surface area (Å²) in [5.41, 5.74) is 1.34. The Hall–Kier alpha value is -3.61. The molecule has 1 heterocycles. The molecule has 220 valence electrons. The van der Waals surface area contributed by atoms with Gasteiger partial charge in [-0.25, -0.2) is 16.8 Å². The van der Waals surface area contributed by atoms with Crippen LogP contribution in [-0.4, -0.2) is 60.9 Å². The third-order valence-electron chi connectivity index (χ3n) is 6.89. The van der Waals surface area contributed by atoms with Crippen molar-refractivity contribution in [2.45, 2.75) is 42.4 Å². The van der Waals surface area contributed by atoms with Gasteiger partial charge in [0, 0.05) is 24.8 Å². The Labute approximate surface area is 242 Å². The molecule has 1 saturated heterocycles. The van der Waals surface area contributed by atoms with Gasteiger partial charge in [-0.1, -0.05) is 30.5 Å². The lowest BCUT2D eigenvalue weighted by molar-refractivity contribution is -0.114. The number of rotatable bonds is 10. The molecule has 0 radical (unpaired) electrons. The molecule has 10 nitrogen and oxygen atoms in total. The number of benzene rings is 3. The minimum atomic E-state index is -4.21. The summed E-state index contributed by atoms with van der Waals surface area (Å²) < 4.78 is 67.0. The zero-order chi connectivity index (χ0) is 29.6. The van der Waals surface area contributed by atoms with Crippen molar-refractivity contribution < 1.29 is 31.1 Å². The molecular weight excluding hydrogens is 566 g/mol. The van der Waals surface area contributed by atoms with Crippen molar-refractivity contribution >= 4 is 37.3 Å². The quantitative estimate of drug-likeness (QED) is 0.365. The topological polar surface area (TPSA) is 122 Å². The Kier molecular flexibility index (Phi) is 9.57. The van der Waals surface area contributed by atoms with E-state index in [2.05, 4.69) is 5.32 Å². The summed E-state index contributed by atoms with van der Waals surface area (Å²) >= 11 is 0. The van der Waals surface area contributed by atoms with Crippen molar-refractivity contribution in [1.29, 1.82) is 0 Å². The summed E-state index contributed by atoms with van der Waals surface area (Å²) in [7, 11) is -4.99. The van der Waals surface area contributed by atoms with Crippen molar-refractivity contribution in [2.75, 3.05) is 43.5 Å². The van der Waals surface area contributed by atoms with Gasteiger partial charge in [0.15, 0.2) is 0 Å². The van der Waals surface area contributed by atoms with E-state index >= 15 is 0 Å². The second-order valence-corrected chi connectivity index (χ2v) is 13.6. The number of hydrogen-bond acceptors (Lipinski definition) is 7. The molecule has 4 rings (SSSR count). The number of sulfonamides is 2. The molecule has 0 aromatic heterocycles. The van der Waals surface area contributed by atoms with Crippen LogP contribution < -0.4 is 19.1 Å². The van der Waals surface area contributed by atoms with Crippen molar-refractivity contribution in [3.63, 3.8) is 0 Å². The number of carbonyl (C=O) groups is 1. The molecule has 3 aromatic rings. The van der Waals surface area contributed by atoms with Gasteiger partial charge in [0.2, 0.25) is 15.9 Å². The van der Waals surface area contributed by atoms with Gasteiger partial charge in [-0.05, 0) is 68.3 Å². The molecular formula is C29H35N3O7S2. The maximum atomic E-state index is 13.8. The fraction of sp³-hybridized carbons (Fsp3) is 0.345. The normalized spacial score (nSPS) is 14.6. The molecule has 0 spiro atoms. The third-order valence-corrected chi connectivity index (χ3v) is 10.6. The van der Waals surface area contributed by atoms with Gasteiger partial charge in [0.1, 0.15) is 18.0 Å². The minimum absolute atomic E-state index is 0.00356. The molecule has 0 bridgehead atoms. The minimum Gasteiger partial charge on any atom is -0.497 e. The van der Waals surface area contributed by atoms with Crippen LogP contribution in [0.3, 0.4) is 0 Å². The van der Waals surface area contributed by atoms with Crippen LogP contribution in [-0.2, 0) is 24.8 Å². The Bertz CT molecular complexity index is 1570. The number of amides is 1. The molecule has 0 unspecified atom stereocenters. The number of nitrogens with zero attached hydrogens (tertiary/aromatic N) is 2. The average molecular weight is 602 g/mol. The second kappa shape index (κ2) is 12.9. The zero-order valence-corrected chi connectivity index (χ0v) is 25.0. The second-order valence-electron chi connectivity index (χ2n) is 9.75. The highest BCUT2D eigenvalue weighted by molar-refractivity contribution is 7.93. The van der Waals surface area contributed by atoms with Crippen LogP contribution in [0.5, 0.6) is 11.5 Å². The monoisotopic (exact) mass is 601 g/mol. The third kappa shape index (κ3) is 7.00. The number of aryl methyl sites for hydroxylation is 1. The molecule has 1 aliphatic heterocycles. The first kappa shape index (κ1) is 30.4. The van der Waals surface area contributed by atoms with E-state index in [0.29, 0.717) is 24.5 Å². The highest BCUT2D eigenvalue weighted by Gasteiger charge is 2.30. The first-order valence-electron chi connectivity index (χ1n) is 13.3. The summed E-state index contributed by atoms with van der Waals surface area (Å²) in [4.78, 5) is 13.4. The van der Waals surface area contributed by atoms with Crippen molar-refractivity contribution in [1.82, 2.24) is 4.31 Å². The lowest BCUT2D eigenvalue weighted by atomic mass is 10.2. The van der Waals surface area contributed by atoms with Crippen LogP contribution in [0.25, 0.3) is 0 Å². The lowest BCUT2D eigenvalue weighted by Crippen LogP contribution is -2.38. The van der Waals surface area contributed by atoms with Crippen LogP contribution in [0.2, 0.25) is 0 Å². The molecule has 1 N–H and O–H groups in total. The number of methoxy groups -OCH3 is 2. The number of hydrogen-bond donors (Lipinski definition) is 1. The summed E-state index contributed by atoms with van der Waals surface area (Å²) in [5.74, 6) is -0.0161. The van der Waals surface area contributed by atoms with E-state index in [1.54, 1.807) is 24.3 Å². The molecule has 1 amide bonds. The van der Waals surface area contributed by atoms with Gasteiger partial charge in [-0.3, -0.25) is 9.10 Å². The molecule has 41 heavy (non-hydrogen) atoms. The van der Waals surface area contributed by atoms with Crippen molar-refractivity contribution in [3.05, 3.63) is 72.3 Å². The maximum Gasteiger partial charge on any atom is 0.264 e. The van der Waals surface area contributed by atoms with Gasteiger partial charge < -0.3 is 14.8 Å². The van der Waals surface area contributed by atoms with Crippen molar-refractivity contribution in [3.8, 4) is 11.5 Å². The van der Waals surface area contributed by atoms with Gasteiger partial charge in [-0.15, -0.1) is 0 Å².